The molecule has 0 spiro atoms. The summed E-state index contributed by atoms with van der Waals surface area (Å²) in [6, 6.07) is 9.11. The normalized spacial score (nSPS) is 10.8. The van der Waals surface area contributed by atoms with Crippen LogP contribution in [0.3, 0.4) is 0 Å². The van der Waals surface area contributed by atoms with Crippen LogP contribution in [0.25, 0.3) is 11.0 Å². The van der Waals surface area contributed by atoms with Gasteiger partial charge >= 0.3 is 5.69 Å². The third-order valence-corrected chi connectivity index (χ3v) is 3.61. The van der Waals surface area contributed by atoms with Gasteiger partial charge in [-0.3, -0.25) is 9.78 Å². The lowest BCUT2D eigenvalue weighted by atomic mass is 10.1. The third-order valence-electron chi connectivity index (χ3n) is 3.61. The van der Waals surface area contributed by atoms with Crippen molar-refractivity contribution in [2.75, 3.05) is 13.6 Å². The second-order valence-corrected chi connectivity index (χ2v) is 5.14. The Labute approximate surface area is 126 Å². The lowest BCUT2D eigenvalue weighted by molar-refractivity contribution is 0.0798. The van der Waals surface area contributed by atoms with E-state index in [1.54, 1.807) is 42.5 Å². The maximum Gasteiger partial charge on any atom is 0.323 e. The van der Waals surface area contributed by atoms with E-state index in [1.807, 2.05) is 12.1 Å². The van der Waals surface area contributed by atoms with Gasteiger partial charge in [-0.05, 0) is 36.2 Å². The minimum absolute atomic E-state index is 0.116. The van der Waals surface area contributed by atoms with E-state index < -0.39 is 0 Å². The number of carbonyl (C=O) groups excluding carboxylic acids is 1. The lowest BCUT2D eigenvalue weighted by Gasteiger charge is -2.17. The Balaban J connectivity index is 1.78. The molecule has 1 amide bonds. The number of likely N-dealkylation sites (N-methyl/N-ethyl adjacent to an activating group) is 1. The van der Waals surface area contributed by atoms with Crippen LogP contribution in [0.1, 0.15) is 15.9 Å². The van der Waals surface area contributed by atoms with Crippen molar-refractivity contribution < 1.29 is 4.79 Å². The number of aromatic amines is 2. The zero-order chi connectivity index (χ0) is 15.5. The first-order valence-electron chi connectivity index (χ1n) is 7.00. The molecule has 6 nitrogen and oxygen atoms in total. The van der Waals surface area contributed by atoms with Crippen molar-refractivity contribution >= 4 is 16.9 Å². The van der Waals surface area contributed by atoms with Crippen LogP contribution < -0.4 is 5.69 Å². The number of nitrogens with zero attached hydrogens (tertiary/aromatic N) is 2. The number of pyridine rings is 1. The van der Waals surface area contributed by atoms with Crippen molar-refractivity contribution in [3.63, 3.8) is 0 Å². The minimum Gasteiger partial charge on any atom is -0.341 e. The van der Waals surface area contributed by atoms with E-state index in [9.17, 15) is 9.59 Å². The molecule has 2 heterocycles. The molecule has 0 unspecified atom stereocenters. The van der Waals surface area contributed by atoms with E-state index in [1.165, 1.54) is 0 Å². The van der Waals surface area contributed by atoms with Gasteiger partial charge in [0, 0.05) is 26.0 Å². The van der Waals surface area contributed by atoms with Gasteiger partial charge in [-0.2, -0.15) is 0 Å². The highest BCUT2D eigenvalue weighted by molar-refractivity contribution is 6.04. The van der Waals surface area contributed by atoms with Crippen LogP contribution >= 0.6 is 0 Å². The summed E-state index contributed by atoms with van der Waals surface area (Å²) in [5.41, 5.74) is 2.50. The van der Waals surface area contributed by atoms with Crippen LogP contribution in [-0.4, -0.2) is 39.4 Å². The molecule has 1 aromatic carbocycles. The Morgan fingerprint density at radius 1 is 1.18 bits per heavy atom. The van der Waals surface area contributed by atoms with Crippen molar-refractivity contribution in [1.82, 2.24) is 19.9 Å². The molecule has 0 aliphatic rings. The van der Waals surface area contributed by atoms with Gasteiger partial charge in [-0.25, -0.2) is 4.79 Å². The summed E-state index contributed by atoms with van der Waals surface area (Å²) in [4.78, 5) is 34.9. The molecule has 3 aromatic rings. The molecule has 22 heavy (non-hydrogen) atoms. The maximum atomic E-state index is 12.6. The standard InChI is InChI=1S/C16H16N4O2/c1-20(10-7-11-5-8-17-9-6-11)15(21)12-3-2-4-13-14(12)19-16(22)18-13/h2-6,8-9H,7,10H2,1H3,(H2,18,19,22). The fraction of sp³-hybridized carbons (Fsp3) is 0.188. The second-order valence-electron chi connectivity index (χ2n) is 5.14. The number of imidazole rings is 1. The van der Waals surface area contributed by atoms with Gasteiger partial charge < -0.3 is 14.9 Å². The first kappa shape index (κ1) is 14.1. The highest BCUT2D eigenvalue weighted by atomic mass is 16.2. The van der Waals surface area contributed by atoms with Gasteiger partial charge in [-0.1, -0.05) is 6.07 Å². The quantitative estimate of drug-likeness (QED) is 0.766. The van der Waals surface area contributed by atoms with Gasteiger partial charge in [0.05, 0.1) is 16.6 Å². The van der Waals surface area contributed by atoms with Crippen LogP contribution in [0.2, 0.25) is 0 Å². The predicted molar refractivity (Wildman–Crippen MR) is 83.8 cm³/mol. The van der Waals surface area contributed by atoms with Crippen LogP contribution in [0.4, 0.5) is 0 Å². The molecule has 0 radical (unpaired) electrons. The highest BCUT2D eigenvalue weighted by Gasteiger charge is 2.16. The number of hydrogen-bond donors (Lipinski definition) is 2. The molecule has 0 saturated carbocycles. The molecule has 6 heteroatoms. The zero-order valence-electron chi connectivity index (χ0n) is 12.2. The molecule has 112 valence electrons. The number of rotatable bonds is 4. The van der Waals surface area contributed by atoms with E-state index >= 15 is 0 Å². The maximum absolute atomic E-state index is 12.6. The number of fused-ring (bicyclic) bond motifs is 1. The Bertz CT molecular complexity index is 851. The fourth-order valence-corrected chi connectivity index (χ4v) is 2.39. The summed E-state index contributed by atoms with van der Waals surface area (Å²) < 4.78 is 0. The molecule has 2 N–H and O–H groups in total. The van der Waals surface area contributed by atoms with Crippen molar-refractivity contribution in [3.8, 4) is 0 Å². The Hall–Kier alpha value is -2.89. The van der Waals surface area contributed by atoms with Crippen LogP contribution in [0, 0.1) is 0 Å². The number of para-hydroxylation sites is 1. The van der Waals surface area contributed by atoms with E-state index in [-0.39, 0.29) is 11.6 Å². The van der Waals surface area contributed by atoms with Gasteiger partial charge in [0.25, 0.3) is 5.91 Å². The molecule has 0 atom stereocenters. The van der Waals surface area contributed by atoms with Crippen molar-refractivity contribution in [2.45, 2.75) is 6.42 Å². The fourth-order valence-electron chi connectivity index (χ4n) is 2.39. The van der Waals surface area contributed by atoms with Gasteiger partial charge in [0.2, 0.25) is 0 Å². The Morgan fingerprint density at radius 3 is 2.73 bits per heavy atom. The topological polar surface area (TPSA) is 81.8 Å². The first-order chi connectivity index (χ1) is 10.6. The summed E-state index contributed by atoms with van der Waals surface area (Å²) in [5, 5.41) is 0. The highest BCUT2D eigenvalue weighted by Crippen LogP contribution is 2.15. The smallest absolute Gasteiger partial charge is 0.323 e. The summed E-state index contributed by atoms with van der Waals surface area (Å²) in [7, 11) is 1.76. The van der Waals surface area contributed by atoms with Crippen LogP contribution in [0.5, 0.6) is 0 Å². The van der Waals surface area contributed by atoms with E-state index in [4.69, 9.17) is 0 Å². The monoisotopic (exact) mass is 296 g/mol. The number of H-pyrrole nitrogens is 2. The summed E-state index contributed by atoms with van der Waals surface area (Å²) in [5.74, 6) is -0.116. The van der Waals surface area contributed by atoms with E-state index in [0.29, 0.717) is 23.1 Å². The second kappa shape index (κ2) is 5.85. The SMILES string of the molecule is CN(CCc1ccncc1)C(=O)c1cccc2[nH]c(=O)[nH]c12. The van der Waals surface area contributed by atoms with Gasteiger partial charge in [0.1, 0.15) is 0 Å². The zero-order valence-corrected chi connectivity index (χ0v) is 12.2. The number of benzene rings is 1. The summed E-state index contributed by atoms with van der Waals surface area (Å²) >= 11 is 0. The summed E-state index contributed by atoms with van der Waals surface area (Å²) in [6.45, 7) is 0.591. The molecule has 0 bridgehead atoms. The van der Waals surface area contributed by atoms with Gasteiger partial charge in [0.15, 0.2) is 0 Å². The molecule has 0 saturated heterocycles. The molecular formula is C16H16N4O2. The molecular weight excluding hydrogens is 280 g/mol. The van der Waals surface area contributed by atoms with Gasteiger partial charge in [-0.15, -0.1) is 0 Å². The lowest BCUT2D eigenvalue weighted by Crippen LogP contribution is -2.29. The molecule has 0 fully saturated rings. The predicted octanol–water partition coefficient (Wildman–Crippen LogP) is 1.57. The number of amides is 1. The minimum atomic E-state index is -0.310. The average Bonchev–Trinajstić information content (AvgIpc) is 2.93. The van der Waals surface area contributed by atoms with E-state index in [2.05, 4.69) is 15.0 Å². The Kier molecular flexibility index (Phi) is 3.74. The van der Waals surface area contributed by atoms with Crippen molar-refractivity contribution in [1.29, 1.82) is 0 Å². The molecule has 2 aromatic heterocycles. The number of aromatic nitrogens is 3. The molecule has 0 aliphatic heterocycles. The molecule has 3 rings (SSSR count). The molecule has 0 aliphatic carbocycles. The number of carbonyl (C=O) groups is 1. The first-order valence-corrected chi connectivity index (χ1v) is 7.00. The van der Waals surface area contributed by atoms with E-state index in [0.717, 1.165) is 12.0 Å². The van der Waals surface area contributed by atoms with Crippen LogP contribution in [-0.2, 0) is 6.42 Å². The van der Waals surface area contributed by atoms with Crippen LogP contribution in [0.15, 0.2) is 47.5 Å². The number of hydrogen-bond acceptors (Lipinski definition) is 3. The van der Waals surface area contributed by atoms with Crippen molar-refractivity contribution in [3.05, 3.63) is 64.3 Å². The van der Waals surface area contributed by atoms with Crippen molar-refractivity contribution in [2.24, 2.45) is 0 Å². The largest absolute Gasteiger partial charge is 0.341 e. The average molecular weight is 296 g/mol. The number of nitrogens with one attached hydrogen (secondary N) is 2. The summed E-state index contributed by atoms with van der Waals surface area (Å²) in [6.07, 6.45) is 4.23. The Morgan fingerprint density at radius 2 is 1.95 bits per heavy atom. The third kappa shape index (κ3) is 2.76.